The molecule has 0 aliphatic rings. The minimum absolute atomic E-state index is 0. The van der Waals surface area contributed by atoms with Crippen molar-refractivity contribution in [2.75, 3.05) is 7.11 Å². The Bertz CT molecular complexity index is 299. The van der Waals surface area contributed by atoms with Gasteiger partial charge in [-0.05, 0) is 17.6 Å². The molecule has 1 aromatic carbocycles. The Morgan fingerprint density at radius 2 is 1.92 bits per heavy atom. The zero-order valence-electron chi connectivity index (χ0n) is 7.10. The van der Waals surface area contributed by atoms with Crippen LogP contribution in [0.4, 0.5) is 0 Å². The first kappa shape index (κ1) is 9.76. The summed E-state index contributed by atoms with van der Waals surface area (Å²) in [7, 11) is -0.219. The van der Waals surface area contributed by atoms with Crippen molar-refractivity contribution >= 4 is 18.6 Å². The van der Waals surface area contributed by atoms with E-state index in [4.69, 9.17) is 10.0 Å². The van der Waals surface area contributed by atoms with E-state index in [1.807, 2.05) is 0 Å². The van der Waals surface area contributed by atoms with Gasteiger partial charge in [0.15, 0.2) is 0 Å². The molecule has 4 nitrogen and oxygen atoms in total. The molecule has 13 heavy (non-hydrogen) atoms. The maximum Gasteiger partial charge on any atom is 0.488 e. The van der Waals surface area contributed by atoms with Gasteiger partial charge in [-0.25, -0.2) is 4.79 Å². The lowest BCUT2D eigenvalue weighted by atomic mass is 9.80. The Hall–Kier alpha value is -1.33. The van der Waals surface area contributed by atoms with E-state index in [0.717, 1.165) is 0 Å². The molecule has 0 amide bonds. The van der Waals surface area contributed by atoms with Gasteiger partial charge in [0, 0.05) is 1.43 Å². The lowest BCUT2D eigenvalue weighted by Gasteiger charge is -2.01. The van der Waals surface area contributed by atoms with E-state index >= 15 is 0 Å². The van der Waals surface area contributed by atoms with E-state index in [0.29, 0.717) is 11.0 Å². The number of benzene rings is 1. The van der Waals surface area contributed by atoms with Crippen LogP contribution in [0.15, 0.2) is 24.3 Å². The number of rotatable bonds is 2. The lowest BCUT2D eigenvalue weighted by molar-refractivity contribution is 0.0600. The molecule has 0 aliphatic heterocycles. The number of carbonyl (C=O) groups is 1. The van der Waals surface area contributed by atoms with E-state index in [1.165, 1.54) is 31.4 Å². The van der Waals surface area contributed by atoms with Crippen molar-refractivity contribution in [3.8, 4) is 0 Å². The summed E-state index contributed by atoms with van der Waals surface area (Å²) in [6.45, 7) is 0. The first-order valence-electron chi connectivity index (χ1n) is 3.69. The zero-order valence-corrected chi connectivity index (χ0v) is 7.10. The quantitative estimate of drug-likeness (QED) is 0.473. The Labute approximate surface area is 77.4 Å². The molecule has 5 heteroatoms. The van der Waals surface area contributed by atoms with Gasteiger partial charge in [0.2, 0.25) is 0 Å². The van der Waals surface area contributed by atoms with E-state index < -0.39 is 13.1 Å². The molecule has 0 saturated carbocycles. The average molecular weight is 182 g/mol. The molecule has 1 rings (SSSR count). The predicted molar refractivity (Wildman–Crippen MR) is 49.7 cm³/mol. The highest BCUT2D eigenvalue weighted by Gasteiger charge is 2.11. The third kappa shape index (κ3) is 2.30. The standard InChI is InChI=1S/C8H9BO4.H2/c1-13-8(10)6-2-4-7(5-3-6)9(11)12;/h2-5,11-12H,1H3;1H. The molecule has 1 aromatic rings. The van der Waals surface area contributed by atoms with Gasteiger partial charge in [0.1, 0.15) is 0 Å². The van der Waals surface area contributed by atoms with Gasteiger partial charge >= 0.3 is 13.1 Å². The zero-order chi connectivity index (χ0) is 9.84. The molecule has 0 atom stereocenters. The molecule has 2 N–H and O–H groups in total. The van der Waals surface area contributed by atoms with Crippen LogP contribution in [-0.4, -0.2) is 30.2 Å². The van der Waals surface area contributed by atoms with Crippen molar-refractivity contribution in [1.29, 1.82) is 0 Å². The summed E-state index contributed by atoms with van der Waals surface area (Å²) in [5, 5.41) is 17.5. The smallest absolute Gasteiger partial charge is 0.465 e. The van der Waals surface area contributed by atoms with Gasteiger partial charge in [0.25, 0.3) is 0 Å². The highest BCUT2D eigenvalue weighted by molar-refractivity contribution is 6.58. The van der Waals surface area contributed by atoms with Crippen molar-refractivity contribution in [3.63, 3.8) is 0 Å². The number of methoxy groups -OCH3 is 1. The third-order valence-electron chi connectivity index (χ3n) is 1.63. The molecule has 0 radical (unpaired) electrons. The largest absolute Gasteiger partial charge is 0.488 e. The molecule has 0 unspecified atom stereocenters. The summed E-state index contributed by atoms with van der Waals surface area (Å²) in [6.07, 6.45) is 0. The first-order valence-corrected chi connectivity index (χ1v) is 3.69. The fourth-order valence-electron chi connectivity index (χ4n) is 0.909. The molecule has 70 valence electrons. The van der Waals surface area contributed by atoms with Crippen molar-refractivity contribution < 1.29 is 21.0 Å². The monoisotopic (exact) mass is 182 g/mol. The number of carbonyl (C=O) groups excluding carboxylic acids is 1. The fraction of sp³-hybridized carbons (Fsp3) is 0.125. The van der Waals surface area contributed by atoms with Crippen LogP contribution in [-0.2, 0) is 4.74 Å². The summed E-state index contributed by atoms with van der Waals surface area (Å²) < 4.78 is 4.47. The Balaban J connectivity index is 0.00000169. The Kier molecular flexibility index (Phi) is 3.05. The number of ether oxygens (including phenoxy) is 1. The van der Waals surface area contributed by atoms with Crippen LogP contribution in [0.2, 0.25) is 0 Å². The molecule has 0 spiro atoms. The summed E-state index contributed by atoms with van der Waals surface area (Å²) >= 11 is 0. The Morgan fingerprint density at radius 1 is 1.38 bits per heavy atom. The van der Waals surface area contributed by atoms with Crippen LogP contribution < -0.4 is 5.46 Å². The molecule has 0 saturated heterocycles. The molecular formula is C8H11BO4. The lowest BCUT2D eigenvalue weighted by Crippen LogP contribution is -2.29. The summed E-state index contributed by atoms with van der Waals surface area (Å²) in [4.78, 5) is 10.9. The normalized spacial score (nSPS) is 9.46. The summed E-state index contributed by atoms with van der Waals surface area (Å²) in [6, 6.07) is 5.86. The molecular weight excluding hydrogens is 171 g/mol. The van der Waals surface area contributed by atoms with Gasteiger partial charge in [-0.15, -0.1) is 0 Å². The average Bonchev–Trinajstić information content (AvgIpc) is 2.17. The van der Waals surface area contributed by atoms with Gasteiger partial charge in [-0.3, -0.25) is 0 Å². The van der Waals surface area contributed by atoms with E-state index in [1.54, 1.807) is 0 Å². The van der Waals surface area contributed by atoms with Crippen LogP contribution in [0, 0.1) is 0 Å². The topological polar surface area (TPSA) is 66.8 Å². The van der Waals surface area contributed by atoms with Crippen LogP contribution >= 0.6 is 0 Å². The molecule has 0 aliphatic carbocycles. The number of hydrogen-bond donors (Lipinski definition) is 2. The van der Waals surface area contributed by atoms with E-state index in [-0.39, 0.29) is 1.43 Å². The first-order chi connectivity index (χ1) is 6.15. The third-order valence-corrected chi connectivity index (χ3v) is 1.63. The molecule has 0 aromatic heterocycles. The summed E-state index contributed by atoms with van der Waals surface area (Å²) in [5.41, 5.74) is 0.722. The van der Waals surface area contributed by atoms with Gasteiger partial charge in [0.05, 0.1) is 12.7 Å². The minimum atomic E-state index is -1.51. The maximum absolute atomic E-state index is 10.9. The van der Waals surface area contributed by atoms with Crippen molar-refractivity contribution in [3.05, 3.63) is 29.8 Å². The SMILES string of the molecule is COC(=O)c1ccc(B(O)O)cc1.[HH]. The number of esters is 1. The minimum Gasteiger partial charge on any atom is -0.465 e. The van der Waals surface area contributed by atoms with Crippen molar-refractivity contribution in [2.24, 2.45) is 0 Å². The van der Waals surface area contributed by atoms with Crippen molar-refractivity contribution in [1.82, 2.24) is 0 Å². The fourth-order valence-corrected chi connectivity index (χ4v) is 0.909. The predicted octanol–water partition coefficient (Wildman–Crippen LogP) is -0.601. The highest BCUT2D eigenvalue weighted by atomic mass is 16.5. The van der Waals surface area contributed by atoms with Gasteiger partial charge < -0.3 is 14.8 Å². The molecule has 0 fully saturated rings. The van der Waals surface area contributed by atoms with Gasteiger partial charge in [-0.1, -0.05) is 12.1 Å². The Morgan fingerprint density at radius 3 is 2.31 bits per heavy atom. The molecule has 0 bridgehead atoms. The van der Waals surface area contributed by atoms with Gasteiger partial charge in [-0.2, -0.15) is 0 Å². The maximum atomic E-state index is 10.9. The van der Waals surface area contributed by atoms with Crippen LogP contribution in [0.25, 0.3) is 0 Å². The molecule has 0 heterocycles. The summed E-state index contributed by atoms with van der Waals surface area (Å²) in [5.74, 6) is -0.445. The second kappa shape index (κ2) is 4.07. The second-order valence-electron chi connectivity index (χ2n) is 2.49. The van der Waals surface area contributed by atoms with E-state index in [9.17, 15) is 4.79 Å². The van der Waals surface area contributed by atoms with Crippen LogP contribution in [0.3, 0.4) is 0 Å². The second-order valence-corrected chi connectivity index (χ2v) is 2.49. The van der Waals surface area contributed by atoms with Crippen molar-refractivity contribution in [2.45, 2.75) is 0 Å². The number of hydrogen-bond acceptors (Lipinski definition) is 4. The van der Waals surface area contributed by atoms with Crippen LogP contribution in [0.1, 0.15) is 11.8 Å². The van der Waals surface area contributed by atoms with E-state index in [2.05, 4.69) is 4.74 Å². The van der Waals surface area contributed by atoms with Crippen LogP contribution in [0.5, 0.6) is 0 Å². The highest BCUT2D eigenvalue weighted by Crippen LogP contribution is 1.98.